The van der Waals surface area contributed by atoms with Crippen LogP contribution in [-0.4, -0.2) is 12.6 Å². The molecule has 2 heteroatoms. The molecule has 2 nitrogen and oxygen atoms in total. The van der Waals surface area contributed by atoms with Crippen molar-refractivity contribution in [2.75, 3.05) is 6.61 Å². The molecule has 2 aromatic carbocycles. The molecule has 1 aliphatic carbocycles. The number of nitrogens with one attached hydrogen (secondary N) is 1. The van der Waals surface area contributed by atoms with Crippen LogP contribution in [0.3, 0.4) is 0 Å². The highest BCUT2D eigenvalue weighted by Gasteiger charge is 2.15. The van der Waals surface area contributed by atoms with E-state index in [1.165, 1.54) is 61.3 Å². The Labute approximate surface area is 146 Å². The van der Waals surface area contributed by atoms with Gasteiger partial charge in [0.2, 0.25) is 0 Å². The minimum absolute atomic E-state index is 0.672. The van der Waals surface area contributed by atoms with Crippen molar-refractivity contribution in [1.82, 2.24) is 5.32 Å². The van der Waals surface area contributed by atoms with Crippen LogP contribution in [0.25, 0.3) is 10.8 Å². The molecule has 24 heavy (non-hydrogen) atoms. The number of unbranched alkanes of at least 4 members (excludes halogenated alkanes) is 2. The van der Waals surface area contributed by atoms with E-state index in [1.54, 1.807) is 0 Å². The maximum absolute atomic E-state index is 6.15. The Bertz CT molecular complexity index is 631. The lowest BCUT2D eigenvalue weighted by atomic mass is 9.95. The van der Waals surface area contributed by atoms with Crippen molar-refractivity contribution in [3.63, 3.8) is 0 Å². The van der Waals surface area contributed by atoms with Gasteiger partial charge >= 0.3 is 0 Å². The lowest BCUT2D eigenvalue weighted by Gasteiger charge is -2.24. The normalized spacial score (nSPS) is 15.7. The quantitative estimate of drug-likeness (QED) is 0.616. The first-order valence-electron chi connectivity index (χ1n) is 9.75. The van der Waals surface area contributed by atoms with Crippen molar-refractivity contribution in [3.05, 3.63) is 42.0 Å². The van der Waals surface area contributed by atoms with Crippen LogP contribution in [0.1, 0.15) is 63.9 Å². The van der Waals surface area contributed by atoms with Crippen LogP contribution in [0.4, 0.5) is 0 Å². The number of hydrogen-bond donors (Lipinski definition) is 1. The largest absolute Gasteiger partial charge is 0.493 e. The minimum Gasteiger partial charge on any atom is -0.493 e. The van der Waals surface area contributed by atoms with E-state index >= 15 is 0 Å². The number of fused-ring (bicyclic) bond motifs is 1. The summed E-state index contributed by atoms with van der Waals surface area (Å²) in [5, 5.41) is 6.42. The Morgan fingerprint density at radius 1 is 1.00 bits per heavy atom. The number of benzene rings is 2. The van der Waals surface area contributed by atoms with Gasteiger partial charge in [0.1, 0.15) is 5.75 Å². The molecule has 0 bridgehead atoms. The van der Waals surface area contributed by atoms with Gasteiger partial charge in [0, 0.05) is 18.2 Å². The van der Waals surface area contributed by atoms with Crippen LogP contribution in [0.2, 0.25) is 0 Å². The summed E-state index contributed by atoms with van der Waals surface area (Å²) in [6.07, 6.45) is 10.4. The first-order valence-corrected chi connectivity index (χ1v) is 9.75. The van der Waals surface area contributed by atoms with E-state index in [0.29, 0.717) is 6.04 Å². The third kappa shape index (κ3) is 4.51. The summed E-state index contributed by atoms with van der Waals surface area (Å²) in [6.45, 7) is 3.97. The van der Waals surface area contributed by atoms with Gasteiger partial charge in [-0.15, -0.1) is 0 Å². The van der Waals surface area contributed by atoms with Gasteiger partial charge in [-0.25, -0.2) is 0 Å². The highest BCUT2D eigenvalue weighted by molar-refractivity contribution is 5.87. The van der Waals surface area contributed by atoms with Crippen molar-refractivity contribution < 1.29 is 4.74 Å². The van der Waals surface area contributed by atoms with Gasteiger partial charge < -0.3 is 10.1 Å². The molecular formula is C22H31NO. The third-order valence-electron chi connectivity index (χ3n) is 5.18. The van der Waals surface area contributed by atoms with Gasteiger partial charge in [-0.3, -0.25) is 0 Å². The molecule has 0 amide bonds. The molecule has 130 valence electrons. The van der Waals surface area contributed by atoms with Crippen molar-refractivity contribution in [2.45, 2.75) is 70.9 Å². The standard InChI is InChI=1S/C22H31NO/c1-2-3-9-16-24-22-15-14-18-10-7-8-13-20(18)21(22)17-23-19-11-5-4-6-12-19/h7-8,10,13-15,19,23H,2-6,9,11-12,16-17H2,1H3. The molecular weight excluding hydrogens is 294 g/mol. The summed E-state index contributed by atoms with van der Waals surface area (Å²) in [5.41, 5.74) is 1.33. The average molecular weight is 325 g/mol. The van der Waals surface area contributed by atoms with Crippen molar-refractivity contribution >= 4 is 10.8 Å². The number of ether oxygens (including phenoxy) is 1. The molecule has 0 heterocycles. The Hall–Kier alpha value is -1.54. The van der Waals surface area contributed by atoms with Gasteiger partial charge in [0.15, 0.2) is 0 Å². The molecule has 0 aromatic heterocycles. The molecule has 0 atom stereocenters. The maximum atomic E-state index is 6.15. The zero-order valence-electron chi connectivity index (χ0n) is 15.0. The maximum Gasteiger partial charge on any atom is 0.124 e. The van der Waals surface area contributed by atoms with Gasteiger partial charge in [-0.2, -0.15) is 0 Å². The van der Waals surface area contributed by atoms with E-state index < -0.39 is 0 Å². The van der Waals surface area contributed by atoms with E-state index in [9.17, 15) is 0 Å². The Kier molecular flexibility index (Phi) is 6.54. The molecule has 2 aromatic rings. The van der Waals surface area contributed by atoms with Crippen LogP contribution >= 0.6 is 0 Å². The topological polar surface area (TPSA) is 21.3 Å². The second-order valence-corrected chi connectivity index (χ2v) is 7.03. The van der Waals surface area contributed by atoms with Gasteiger partial charge in [-0.05, 0) is 36.1 Å². The smallest absolute Gasteiger partial charge is 0.124 e. The minimum atomic E-state index is 0.672. The predicted molar refractivity (Wildman–Crippen MR) is 103 cm³/mol. The number of rotatable bonds is 8. The van der Waals surface area contributed by atoms with Gasteiger partial charge in [-0.1, -0.05) is 69.4 Å². The summed E-state index contributed by atoms with van der Waals surface area (Å²) in [4.78, 5) is 0. The summed E-state index contributed by atoms with van der Waals surface area (Å²) in [5.74, 6) is 1.06. The van der Waals surface area contributed by atoms with E-state index in [2.05, 4.69) is 48.6 Å². The molecule has 1 saturated carbocycles. The molecule has 0 radical (unpaired) electrons. The number of hydrogen-bond acceptors (Lipinski definition) is 2. The first-order chi connectivity index (χ1) is 11.9. The Morgan fingerprint density at radius 2 is 1.83 bits per heavy atom. The van der Waals surface area contributed by atoms with Gasteiger partial charge in [0.25, 0.3) is 0 Å². The van der Waals surface area contributed by atoms with Crippen LogP contribution < -0.4 is 10.1 Å². The molecule has 1 fully saturated rings. The summed E-state index contributed by atoms with van der Waals surface area (Å²) in [6, 6.07) is 13.7. The fraction of sp³-hybridized carbons (Fsp3) is 0.545. The second kappa shape index (κ2) is 9.08. The monoisotopic (exact) mass is 325 g/mol. The second-order valence-electron chi connectivity index (χ2n) is 7.03. The lowest BCUT2D eigenvalue weighted by Crippen LogP contribution is -2.30. The fourth-order valence-electron chi connectivity index (χ4n) is 3.72. The molecule has 0 spiro atoms. The van der Waals surface area contributed by atoms with Crippen molar-refractivity contribution in [2.24, 2.45) is 0 Å². The summed E-state index contributed by atoms with van der Waals surface area (Å²) in [7, 11) is 0. The van der Waals surface area contributed by atoms with Crippen LogP contribution in [0.5, 0.6) is 5.75 Å². The summed E-state index contributed by atoms with van der Waals surface area (Å²) < 4.78 is 6.15. The van der Waals surface area contributed by atoms with Gasteiger partial charge in [0.05, 0.1) is 6.61 Å². The molecule has 3 rings (SSSR count). The molecule has 0 unspecified atom stereocenters. The molecule has 0 aliphatic heterocycles. The average Bonchev–Trinajstić information content (AvgIpc) is 2.64. The van der Waals surface area contributed by atoms with Crippen molar-refractivity contribution in [3.8, 4) is 5.75 Å². The molecule has 1 aliphatic rings. The first kappa shape index (κ1) is 17.3. The van der Waals surface area contributed by atoms with E-state index in [1.807, 2.05) is 0 Å². The van der Waals surface area contributed by atoms with E-state index in [-0.39, 0.29) is 0 Å². The predicted octanol–water partition coefficient (Wildman–Crippen LogP) is 5.83. The molecule has 0 saturated heterocycles. The van der Waals surface area contributed by atoms with Crippen LogP contribution in [0, 0.1) is 0 Å². The Balaban J connectivity index is 1.75. The van der Waals surface area contributed by atoms with E-state index in [4.69, 9.17) is 4.74 Å². The fourth-order valence-corrected chi connectivity index (χ4v) is 3.72. The third-order valence-corrected chi connectivity index (χ3v) is 5.18. The summed E-state index contributed by atoms with van der Waals surface area (Å²) >= 11 is 0. The highest BCUT2D eigenvalue weighted by Crippen LogP contribution is 2.29. The SMILES string of the molecule is CCCCCOc1ccc2ccccc2c1CNC1CCCCC1. The zero-order valence-corrected chi connectivity index (χ0v) is 15.0. The van der Waals surface area contributed by atoms with Crippen LogP contribution in [-0.2, 0) is 6.54 Å². The Morgan fingerprint density at radius 3 is 2.67 bits per heavy atom. The zero-order chi connectivity index (χ0) is 16.6. The lowest BCUT2D eigenvalue weighted by molar-refractivity contribution is 0.301. The van der Waals surface area contributed by atoms with E-state index in [0.717, 1.165) is 25.3 Å². The van der Waals surface area contributed by atoms with Crippen molar-refractivity contribution in [1.29, 1.82) is 0 Å². The van der Waals surface area contributed by atoms with Crippen LogP contribution in [0.15, 0.2) is 36.4 Å². The molecule has 1 N–H and O–H groups in total. The highest BCUT2D eigenvalue weighted by atomic mass is 16.5.